The zero-order chi connectivity index (χ0) is 21.4. The first-order valence-electron chi connectivity index (χ1n) is 10.1. The van der Waals surface area contributed by atoms with Crippen LogP contribution in [0.1, 0.15) is 18.2 Å². The summed E-state index contributed by atoms with van der Waals surface area (Å²) in [6, 6.07) is 22.0. The van der Waals surface area contributed by atoms with Gasteiger partial charge in [0.2, 0.25) is 0 Å². The monoisotopic (exact) mass is 413 g/mol. The summed E-state index contributed by atoms with van der Waals surface area (Å²) in [4.78, 5) is 19.3. The zero-order valence-electron chi connectivity index (χ0n) is 17.0. The number of halogens is 1. The van der Waals surface area contributed by atoms with Gasteiger partial charge >= 0.3 is 5.97 Å². The number of carbonyl (C=O) groups is 1. The molecular weight excluding hydrogens is 393 g/mol. The van der Waals surface area contributed by atoms with Gasteiger partial charge in [0.1, 0.15) is 29.5 Å². The maximum absolute atomic E-state index is 13.6. The maximum atomic E-state index is 13.6. The van der Waals surface area contributed by atoms with Gasteiger partial charge in [-0.3, -0.25) is 9.20 Å². The second-order valence-corrected chi connectivity index (χ2v) is 7.22. The van der Waals surface area contributed by atoms with Crippen molar-refractivity contribution in [1.82, 2.24) is 9.38 Å². The van der Waals surface area contributed by atoms with Crippen LogP contribution in [0.3, 0.4) is 0 Å². The molecule has 5 nitrogen and oxygen atoms in total. The van der Waals surface area contributed by atoms with Crippen LogP contribution in [0, 0.1) is 5.82 Å². The molecule has 31 heavy (non-hydrogen) atoms. The van der Waals surface area contributed by atoms with Crippen molar-refractivity contribution < 1.29 is 13.9 Å². The fraction of sp³-hybridized carbons (Fsp3) is 0.120. The third kappa shape index (κ3) is 3.36. The number of carbonyl (C=O) groups excluding carboxylic acids is 1. The van der Waals surface area contributed by atoms with E-state index in [0.717, 1.165) is 39.7 Å². The molecule has 1 aliphatic rings. The fourth-order valence-electron chi connectivity index (χ4n) is 3.94. The van der Waals surface area contributed by atoms with E-state index in [-0.39, 0.29) is 18.3 Å². The second kappa shape index (κ2) is 7.72. The summed E-state index contributed by atoms with van der Waals surface area (Å²) < 4.78 is 20.9. The molecule has 5 rings (SSSR count). The Morgan fingerprint density at radius 1 is 0.968 bits per heavy atom. The SMILES string of the molecule is CCOC(=O)CN1C(c2ccc(F)cc2)=Cc2cccc3nc(-c4ccccc4)c1n23. The van der Waals surface area contributed by atoms with Crippen molar-refractivity contribution in [3.63, 3.8) is 0 Å². The molecule has 0 saturated carbocycles. The predicted octanol–water partition coefficient (Wildman–Crippen LogP) is 5.02. The van der Waals surface area contributed by atoms with Gasteiger partial charge in [0.25, 0.3) is 0 Å². The van der Waals surface area contributed by atoms with Crippen LogP contribution in [0.15, 0.2) is 72.8 Å². The van der Waals surface area contributed by atoms with Gasteiger partial charge in [-0.2, -0.15) is 0 Å². The van der Waals surface area contributed by atoms with Gasteiger partial charge in [-0.15, -0.1) is 0 Å². The lowest BCUT2D eigenvalue weighted by Crippen LogP contribution is -2.33. The molecule has 0 spiro atoms. The van der Waals surface area contributed by atoms with Crippen LogP contribution in [0.4, 0.5) is 10.2 Å². The van der Waals surface area contributed by atoms with Gasteiger partial charge < -0.3 is 9.64 Å². The van der Waals surface area contributed by atoms with Crippen molar-refractivity contribution in [1.29, 1.82) is 0 Å². The molecule has 0 unspecified atom stereocenters. The summed E-state index contributed by atoms with van der Waals surface area (Å²) in [6.45, 7) is 2.10. The van der Waals surface area contributed by atoms with Crippen molar-refractivity contribution in [2.24, 2.45) is 0 Å². The molecule has 154 valence electrons. The normalized spacial score (nSPS) is 12.7. The lowest BCUT2D eigenvalue weighted by molar-refractivity contribution is -0.141. The van der Waals surface area contributed by atoms with Crippen LogP contribution >= 0.6 is 0 Å². The van der Waals surface area contributed by atoms with Crippen LogP contribution in [-0.4, -0.2) is 28.5 Å². The molecule has 2 aromatic heterocycles. The quantitative estimate of drug-likeness (QED) is 0.431. The highest BCUT2D eigenvalue weighted by Gasteiger charge is 2.30. The molecule has 3 heterocycles. The number of hydrogen-bond acceptors (Lipinski definition) is 4. The number of benzene rings is 2. The first-order valence-corrected chi connectivity index (χ1v) is 10.1. The number of anilines is 1. The standard InChI is InChI=1S/C25H20FN3O2/c1-2-31-23(30)16-28-21(17-11-13-19(26)14-12-17)15-20-9-6-10-22-27-24(25(28)29(20)22)18-7-4-3-5-8-18/h3-15H,2,16H2,1H3. The predicted molar refractivity (Wildman–Crippen MR) is 119 cm³/mol. The number of pyridine rings is 1. The third-order valence-corrected chi connectivity index (χ3v) is 5.26. The average Bonchev–Trinajstić information content (AvgIpc) is 3.18. The Balaban J connectivity index is 1.75. The number of hydrogen-bond donors (Lipinski definition) is 0. The third-order valence-electron chi connectivity index (χ3n) is 5.26. The van der Waals surface area contributed by atoms with Gasteiger partial charge in [-0.1, -0.05) is 36.4 Å². The van der Waals surface area contributed by atoms with Crippen molar-refractivity contribution >= 4 is 29.2 Å². The highest BCUT2D eigenvalue weighted by molar-refractivity contribution is 5.99. The molecule has 0 fully saturated rings. The molecule has 0 saturated heterocycles. The van der Waals surface area contributed by atoms with Crippen LogP contribution in [-0.2, 0) is 9.53 Å². The number of rotatable bonds is 5. The summed E-state index contributed by atoms with van der Waals surface area (Å²) in [7, 11) is 0. The lowest BCUT2D eigenvalue weighted by Gasteiger charge is -2.31. The Morgan fingerprint density at radius 3 is 2.48 bits per heavy atom. The Morgan fingerprint density at radius 2 is 1.74 bits per heavy atom. The molecule has 6 heteroatoms. The molecule has 2 aromatic carbocycles. The fourth-order valence-corrected chi connectivity index (χ4v) is 3.94. The highest BCUT2D eigenvalue weighted by atomic mass is 19.1. The molecule has 1 aliphatic heterocycles. The minimum Gasteiger partial charge on any atom is -0.465 e. The van der Waals surface area contributed by atoms with Crippen LogP contribution in [0.2, 0.25) is 0 Å². The summed E-state index contributed by atoms with van der Waals surface area (Å²) in [6.07, 6.45) is 1.99. The number of aromatic nitrogens is 2. The number of ether oxygens (including phenoxy) is 1. The zero-order valence-corrected chi connectivity index (χ0v) is 17.0. The Bertz CT molecular complexity index is 1290. The number of esters is 1. The molecule has 0 bridgehead atoms. The van der Waals surface area contributed by atoms with E-state index in [9.17, 15) is 9.18 Å². The van der Waals surface area contributed by atoms with Gasteiger partial charge in [0.15, 0.2) is 0 Å². The van der Waals surface area contributed by atoms with E-state index in [1.54, 1.807) is 19.1 Å². The second-order valence-electron chi connectivity index (χ2n) is 7.22. The lowest BCUT2D eigenvalue weighted by atomic mass is 10.1. The van der Waals surface area contributed by atoms with Gasteiger partial charge in [-0.05, 0) is 55.0 Å². The van der Waals surface area contributed by atoms with E-state index in [4.69, 9.17) is 9.72 Å². The van der Waals surface area contributed by atoms with Gasteiger partial charge in [0, 0.05) is 5.56 Å². The molecule has 0 N–H and O–H groups in total. The van der Waals surface area contributed by atoms with E-state index in [1.807, 2.05) is 63.9 Å². The van der Waals surface area contributed by atoms with Gasteiger partial charge in [0.05, 0.1) is 18.0 Å². The van der Waals surface area contributed by atoms with Crippen molar-refractivity contribution in [3.8, 4) is 11.3 Å². The summed E-state index contributed by atoms with van der Waals surface area (Å²) >= 11 is 0. The number of imidazole rings is 1. The first kappa shape index (κ1) is 19.1. The van der Waals surface area contributed by atoms with Gasteiger partial charge in [-0.25, -0.2) is 9.37 Å². The largest absolute Gasteiger partial charge is 0.465 e. The average molecular weight is 413 g/mol. The van der Waals surface area contributed by atoms with E-state index in [0.29, 0.717) is 6.61 Å². The minimum atomic E-state index is -0.344. The van der Waals surface area contributed by atoms with Crippen LogP contribution in [0.25, 0.3) is 28.7 Å². The van der Waals surface area contributed by atoms with E-state index in [1.165, 1.54) is 12.1 Å². The number of nitrogens with zero attached hydrogens (tertiary/aromatic N) is 3. The molecule has 0 atom stereocenters. The van der Waals surface area contributed by atoms with Crippen LogP contribution in [0.5, 0.6) is 0 Å². The molecular formula is C25H20FN3O2. The van der Waals surface area contributed by atoms with Crippen LogP contribution < -0.4 is 4.90 Å². The minimum absolute atomic E-state index is 0.0129. The Kier molecular flexibility index (Phi) is 4.75. The smallest absolute Gasteiger partial charge is 0.326 e. The summed E-state index contributed by atoms with van der Waals surface area (Å²) in [5.41, 5.74) is 5.02. The van der Waals surface area contributed by atoms with E-state index >= 15 is 0 Å². The summed E-state index contributed by atoms with van der Waals surface area (Å²) in [5.74, 6) is 0.129. The van der Waals surface area contributed by atoms with Crippen molar-refractivity contribution in [3.05, 3.63) is 89.9 Å². The molecule has 0 amide bonds. The Labute approximate surface area is 179 Å². The van der Waals surface area contributed by atoms with E-state index in [2.05, 4.69) is 0 Å². The Hall–Kier alpha value is -3.93. The molecule has 0 radical (unpaired) electrons. The maximum Gasteiger partial charge on any atom is 0.326 e. The highest BCUT2D eigenvalue weighted by Crippen LogP contribution is 2.40. The summed E-state index contributed by atoms with van der Waals surface area (Å²) in [5, 5.41) is 0. The molecule has 0 aliphatic carbocycles. The first-order chi connectivity index (χ1) is 15.2. The molecule has 4 aromatic rings. The van der Waals surface area contributed by atoms with Crippen molar-refractivity contribution in [2.75, 3.05) is 18.1 Å². The topological polar surface area (TPSA) is 46.8 Å². The van der Waals surface area contributed by atoms with Crippen molar-refractivity contribution in [2.45, 2.75) is 6.92 Å². The van der Waals surface area contributed by atoms with E-state index < -0.39 is 0 Å².